The molecule has 4 heteroatoms. The quantitative estimate of drug-likeness (QED) is 0.830. The normalized spacial score (nSPS) is 14.4. The molecule has 0 fully saturated rings. The number of rotatable bonds is 4. The van der Waals surface area contributed by atoms with Crippen molar-refractivity contribution in [3.63, 3.8) is 0 Å². The van der Waals surface area contributed by atoms with Gasteiger partial charge in [-0.25, -0.2) is 0 Å². The highest BCUT2D eigenvalue weighted by molar-refractivity contribution is 6.01. The van der Waals surface area contributed by atoms with Crippen LogP contribution in [0.25, 0.3) is 0 Å². The fraction of sp³-hybridized carbons (Fsp3) is 0.500. The third-order valence-corrected chi connectivity index (χ3v) is 3.58. The number of hydrogen-bond acceptors (Lipinski definition) is 2. The van der Waals surface area contributed by atoms with E-state index in [1.807, 2.05) is 24.3 Å². The molecule has 0 spiro atoms. The van der Waals surface area contributed by atoms with Gasteiger partial charge in [-0.15, -0.1) is 0 Å². The van der Waals surface area contributed by atoms with Gasteiger partial charge in [-0.05, 0) is 29.9 Å². The first kappa shape index (κ1) is 16.2. The van der Waals surface area contributed by atoms with E-state index in [9.17, 15) is 14.7 Å². The molecule has 4 nitrogen and oxygen atoms in total. The summed E-state index contributed by atoms with van der Waals surface area (Å²) in [6.07, 6.45) is 0.173. The highest BCUT2D eigenvalue weighted by atomic mass is 16.4. The number of carboxylic acids is 1. The zero-order valence-electron chi connectivity index (χ0n) is 12.8. The molecule has 110 valence electrons. The number of nitrogens with one attached hydrogen (secondary N) is 1. The lowest BCUT2D eigenvalue weighted by atomic mass is 9.81. The van der Waals surface area contributed by atoms with Gasteiger partial charge < -0.3 is 10.4 Å². The summed E-state index contributed by atoms with van der Waals surface area (Å²) in [5, 5.41) is 11.7. The summed E-state index contributed by atoms with van der Waals surface area (Å²) in [4.78, 5) is 23.2. The van der Waals surface area contributed by atoms with Gasteiger partial charge in [0, 0.05) is 7.05 Å². The third-order valence-electron chi connectivity index (χ3n) is 3.58. The van der Waals surface area contributed by atoms with Crippen molar-refractivity contribution in [2.24, 2.45) is 5.41 Å². The predicted octanol–water partition coefficient (Wildman–Crippen LogP) is 2.36. The topological polar surface area (TPSA) is 66.4 Å². The van der Waals surface area contributed by atoms with E-state index in [0.717, 1.165) is 5.56 Å². The number of hydrogen-bond donors (Lipinski definition) is 2. The molecule has 1 rings (SSSR count). The molecule has 1 unspecified atom stereocenters. The van der Waals surface area contributed by atoms with Crippen LogP contribution in [0.4, 0.5) is 0 Å². The zero-order chi connectivity index (χ0) is 15.6. The van der Waals surface area contributed by atoms with Crippen molar-refractivity contribution in [2.45, 2.75) is 39.5 Å². The van der Waals surface area contributed by atoms with Crippen LogP contribution in [-0.2, 0) is 21.4 Å². The fourth-order valence-corrected chi connectivity index (χ4v) is 2.06. The molecule has 0 heterocycles. The molecule has 0 saturated carbocycles. The third kappa shape index (κ3) is 3.38. The number of amides is 1. The highest BCUT2D eigenvalue weighted by Gasteiger charge is 2.40. The van der Waals surface area contributed by atoms with Crippen LogP contribution < -0.4 is 5.32 Å². The summed E-state index contributed by atoms with van der Waals surface area (Å²) in [5.74, 6) is -1.60. The molecule has 20 heavy (non-hydrogen) atoms. The van der Waals surface area contributed by atoms with Crippen LogP contribution in [0.5, 0.6) is 0 Å². The van der Waals surface area contributed by atoms with Gasteiger partial charge in [0.1, 0.15) is 5.41 Å². The van der Waals surface area contributed by atoms with Crippen LogP contribution in [0.15, 0.2) is 24.3 Å². The zero-order valence-corrected chi connectivity index (χ0v) is 12.8. The summed E-state index contributed by atoms with van der Waals surface area (Å²) in [6.45, 7) is 7.81. The van der Waals surface area contributed by atoms with Crippen molar-refractivity contribution in [3.05, 3.63) is 35.4 Å². The first-order valence-electron chi connectivity index (χ1n) is 6.66. The highest BCUT2D eigenvalue weighted by Crippen LogP contribution is 2.26. The molecule has 2 N–H and O–H groups in total. The smallest absolute Gasteiger partial charge is 0.319 e. The van der Waals surface area contributed by atoms with E-state index in [4.69, 9.17) is 0 Å². The maximum atomic E-state index is 11.8. The molecular formula is C16H23NO3. The van der Waals surface area contributed by atoms with Gasteiger partial charge in [0.25, 0.3) is 0 Å². The van der Waals surface area contributed by atoms with Crippen molar-refractivity contribution in [1.82, 2.24) is 5.32 Å². The lowest BCUT2D eigenvalue weighted by Crippen LogP contribution is -2.44. The van der Waals surface area contributed by atoms with E-state index in [1.54, 1.807) is 0 Å². The Kier molecular flexibility index (Phi) is 4.58. The van der Waals surface area contributed by atoms with Gasteiger partial charge in [0.15, 0.2) is 0 Å². The lowest BCUT2D eigenvalue weighted by molar-refractivity contribution is -0.154. The Bertz CT molecular complexity index is 499. The maximum absolute atomic E-state index is 11.8. The van der Waals surface area contributed by atoms with Crippen LogP contribution in [-0.4, -0.2) is 24.0 Å². The molecule has 0 aliphatic rings. The second-order valence-corrected chi connectivity index (χ2v) is 6.34. The summed E-state index contributed by atoms with van der Waals surface area (Å²) in [6, 6.07) is 7.76. The molecule has 1 atom stereocenters. The van der Waals surface area contributed by atoms with E-state index in [0.29, 0.717) is 0 Å². The summed E-state index contributed by atoms with van der Waals surface area (Å²) < 4.78 is 0. The molecular weight excluding hydrogens is 254 g/mol. The molecule has 0 aliphatic heterocycles. The van der Waals surface area contributed by atoms with E-state index >= 15 is 0 Å². The minimum atomic E-state index is -1.45. The van der Waals surface area contributed by atoms with Crippen molar-refractivity contribution < 1.29 is 14.7 Å². The Labute approximate surface area is 120 Å². The largest absolute Gasteiger partial charge is 0.480 e. The summed E-state index contributed by atoms with van der Waals surface area (Å²) >= 11 is 0. The van der Waals surface area contributed by atoms with E-state index in [2.05, 4.69) is 26.1 Å². The van der Waals surface area contributed by atoms with Crippen molar-refractivity contribution in [3.8, 4) is 0 Å². The van der Waals surface area contributed by atoms with E-state index < -0.39 is 17.3 Å². The number of carbonyl (C=O) groups excluding carboxylic acids is 1. The summed E-state index contributed by atoms with van der Waals surface area (Å²) in [5.41, 5.74) is 0.623. The van der Waals surface area contributed by atoms with Crippen LogP contribution in [0, 0.1) is 5.41 Å². The summed E-state index contributed by atoms with van der Waals surface area (Å²) in [7, 11) is 1.45. The Morgan fingerprint density at radius 3 is 1.95 bits per heavy atom. The predicted molar refractivity (Wildman–Crippen MR) is 78.7 cm³/mol. The molecule has 1 aromatic carbocycles. The maximum Gasteiger partial charge on any atom is 0.319 e. The fourth-order valence-electron chi connectivity index (χ4n) is 2.06. The average molecular weight is 277 g/mol. The minimum absolute atomic E-state index is 0.0510. The molecule has 0 saturated heterocycles. The van der Waals surface area contributed by atoms with Crippen LogP contribution in [0.1, 0.15) is 38.8 Å². The first-order valence-corrected chi connectivity index (χ1v) is 6.66. The average Bonchev–Trinajstić information content (AvgIpc) is 2.36. The van der Waals surface area contributed by atoms with E-state index in [1.165, 1.54) is 19.5 Å². The van der Waals surface area contributed by atoms with Gasteiger partial charge in [-0.2, -0.15) is 0 Å². The first-order chi connectivity index (χ1) is 9.11. The van der Waals surface area contributed by atoms with Crippen LogP contribution >= 0.6 is 0 Å². The van der Waals surface area contributed by atoms with Gasteiger partial charge in [0.05, 0.1) is 0 Å². The molecule has 0 bridgehead atoms. The Morgan fingerprint density at radius 1 is 1.10 bits per heavy atom. The lowest BCUT2D eigenvalue weighted by Gasteiger charge is -2.24. The molecule has 0 aliphatic carbocycles. The molecule has 0 radical (unpaired) electrons. The van der Waals surface area contributed by atoms with Crippen molar-refractivity contribution in [1.29, 1.82) is 0 Å². The van der Waals surface area contributed by atoms with Gasteiger partial charge in [-0.1, -0.05) is 45.0 Å². The van der Waals surface area contributed by atoms with Gasteiger partial charge in [-0.3, -0.25) is 9.59 Å². The second-order valence-electron chi connectivity index (χ2n) is 6.34. The Morgan fingerprint density at radius 2 is 1.60 bits per heavy atom. The molecule has 0 aromatic heterocycles. The number of aliphatic carboxylic acids is 1. The minimum Gasteiger partial charge on any atom is -0.480 e. The molecule has 1 aromatic rings. The monoisotopic (exact) mass is 277 g/mol. The Balaban J connectivity index is 3.02. The number of carboxylic acid groups (broad SMARTS) is 1. The van der Waals surface area contributed by atoms with Crippen molar-refractivity contribution >= 4 is 11.9 Å². The van der Waals surface area contributed by atoms with Crippen molar-refractivity contribution in [2.75, 3.05) is 7.05 Å². The van der Waals surface area contributed by atoms with Crippen LogP contribution in [0.3, 0.4) is 0 Å². The van der Waals surface area contributed by atoms with E-state index in [-0.39, 0.29) is 11.8 Å². The van der Waals surface area contributed by atoms with Gasteiger partial charge in [0.2, 0.25) is 5.91 Å². The number of benzene rings is 1. The second kappa shape index (κ2) is 5.65. The number of carbonyl (C=O) groups is 2. The SMILES string of the molecule is CNC(=O)C(C)(Cc1ccc(C(C)(C)C)cc1)C(=O)O. The molecule has 1 amide bonds. The standard InChI is InChI=1S/C16H23NO3/c1-15(2,3)12-8-6-11(7-9-12)10-16(4,14(19)20)13(18)17-5/h6-9H,10H2,1-5H3,(H,17,18)(H,19,20). The Hall–Kier alpha value is -1.84. The van der Waals surface area contributed by atoms with Gasteiger partial charge >= 0.3 is 5.97 Å². The van der Waals surface area contributed by atoms with Crippen LogP contribution in [0.2, 0.25) is 0 Å².